The minimum atomic E-state index is -0.411. The van der Waals surface area contributed by atoms with Crippen LogP contribution in [-0.2, 0) is 16.0 Å². The van der Waals surface area contributed by atoms with Gasteiger partial charge < -0.3 is 10.2 Å². The highest BCUT2D eigenvalue weighted by atomic mass is 16.2. The van der Waals surface area contributed by atoms with Crippen molar-refractivity contribution < 1.29 is 9.59 Å². The third-order valence-corrected chi connectivity index (χ3v) is 4.01. The van der Waals surface area contributed by atoms with E-state index in [1.807, 2.05) is 35.2 Å². The Morgan fingerprint density at radius 3 is 2.60 bits per heavy atom. The summed E-state index contributed by atoms with van der Waals surface area (Å²) in [4.78, 5) is 26.2. The molecule has 1 aliphatic heterocycles. The van der Waals surface area contributed by atoms with Crippen molar-refractivity contribution in [1.82, 2.24) is 10.2 Å². The number of hydrogen-bond donors (Lipinski definition) is 1. The van der Waals surface area contributed by atoms with E-state index in [1.165, 1.54) is 12.8 Å². The zero-order valence-corrected chi connectivity index (χ0v) is 11.5. The molecule has 20 heavy (non-hydrogen) atoms. The van der Waals surface area contributed by atoms with Crippen molar-refractivity contribution in [2.24, 2.45) is 5.92 Å². The van der Waals surface area contributed by atoms with Gasteiger partial charge in [0.2, 0.25) is 11.8 Å². The van der Waals surface area contributed by atoms with E-state index in [0.717, 1.165) is 12.1 Å². The molecule has 1 heterocycles. The molecule has 1 aromatic carbocycles. The second-order valence-electron chi connectivity index (χ2n) is 5.79. The van der Waals surface area contributed by atoms with Crippen LogP contribution in [0.2, 0.25) is 0 Å². The van der Waals surface area contributed by atoms with E-state index < -0.39 is 6.04 Å². The van der Waals surface area contributed by atoms with Gasteiger partial charge in [-0.05, 0) is 24.3 Å². The maximum Gasteiger partial charge on any atom is 0.245 e. The Hall–Kier alpha value is -1.84. The van der Waals surface area contributed by atoms with Gasteiger partial charge in [0.25, 0.3) is 0 Å². The summed E-state index contributed by atoms with van der Waals surface area (Å²) in [6.45, 7) is 1.38. The van der Waals surface area contributed by atoms with Crippen LogP contribution in [0.25, 0.3) is 0 Å². The Kier molecular flexibility index (Phi) is 3.72. The van der Waals surface area contributed by atoms with Crippen LogP contribution in [0.5, 0.6) is 0 Å². The Bertz CT molecular complexity index is 496. The molecule has 3 rings (SSSR count). The minimum Gasteiger partial charge on any atom is -0.344 e. The summed E-state index contributed by atoms with van der Waals surface area (Å²) < 4.78 is 0. The maximum atomic E-state index is 12.6. The van der Waals surface area contributed by atoms with Gasteiger partial charge in [-0.3, -0.25) is 9.59 Å². The summed E-state index contributed by atoms with van der Waals surface area (Å²) in [6, 6.07) is 9.45. The van der Waals surface area contributed by atoms with Crippen LogP contribution in [-0.4, -0.2) is 35.8 Å². The number of rotatable bonds is 4. The molecule has 4 nitrogen and oxygen atoms in total. The molecule has 1 atom stereocenters. The van der Waals surface area contributed by atoms with E-state index in [1.54, 1.807) is 0 Å². The zero-order valence-electron chi connectivity index (χ0n) is 11.5. The maximum absolute atomic E-state index is 12.6. The molecule has 2 aliphatic rings. The van der Waals surface area contributed by atoms with Crippen LogP contribution >= 0.6 is 0 Å². The lowest BCUT2D eigenvalue weighted by molar-refractivity contribution is -0.133. The standard InChI is InChI=1S/C16H20N2O2/c19-15-8-9-18(11-13-6-7-13)16(20)14(17-15)10-12-4-2-1-3-5-12/h1-5,13-14H,6-11H2,(H,17,19)/t14-/m0/s1. The summed E-state index contributed by atoms with van der Waals surface area (Å²) in [6.07, 6.45) is 3.43. The van der Waals surface area contributed by atoms with Gasteiger partial charge in [-0.2, -0.15) is 0 Å². The molecular formula is C16H20N2O2. The average molecular weight is 272 g/mol. The van der Waals surface area contributed by atoms with Crippen LogP contribution in [0, 0.1) is 5.92 Å². The number of hydrogen-bond acceptors (Lipinski definition) is 2. The predicted molar refractivity (Wildman–Crippen MR) is 76.0 cm³/mol. The van der Waals surface area contributed by atoms with Gasteiger partial charge in [0.05, 0.1) is 0 Å². The van der Waals surface area contributed by atoms with Crippen molar-refractivity contribution in [2.45, 2.75) is 31.7 Å². The first-order valence-electron chi connectivity index (χ1n) is 7.34. The van der Waals surface area contributed by atoms with Gasteiger partial charge >= 0.3 is 0 Å². The second-order valence-corrected chi connectivity index (χ2v) is 5.79. The molecule has 0 spiro atoms. The fraction of sp³-hybridized carbons (Fsp3) is 0.500. The van der Waals surface area contributed by atoms with Crippen molar-refractivity contribution in [3.63, 3.8) is 0 Å². The van der Waals surface area contributed by atoms with Gasteiger partial charge in [0, 0.05) is 25.9 Å². The van der Waals surface area contributed by atoms with Gasteiger partial charge in [0.1, 0.15) is 6.04 Å². The van der Waals surface area contributed by atoms with E-state index in [0.29, 0.717) is 25.3 Å². The molecule has 1 N–H and O–H groups in total. The first-order valence-corrected chi connectivity index (χ1v) is 7.34. The van der Waals surface area contributed by atoms with Crippen LogP contribution in [0.4, 0.5) is 0 Å². The van der Waals surface area contributed by atoms with Crippen LogP contribution in [0.15, 0.2) is 30.3 Å². The van der Waals surface area contributed by atoms with Gasteiger partial charge in [-0.1, -0.05) is 30.3 Å². The van der Waals surface area contributed by atoms with Crippen LogP contribution in [0.1, 0.15) is 24.8 Å². The van der Waals surface area contributed by atoms with Gasteiger partial charge in [-0.25, -0.2) is 0 Å². The molecule has 0 radical (unpaired) electrons. The monoisotopic (exact) mass is 272 g/mol. The van der Waals surface area contributed by atoms with E-state index in [9.17, 15) is 9.59 Å². The van der Waals surface area contributed by atoms with Crippen molar-refractivity contribution in [2.75, 3.05) is 13.1 Å². The number of nitrogens with one attached hydrogen (secondary N) is 1. The molecule has 2 fully saturated rings. The van der Waals surface area contributed by atoms with Crippen molar-refractivity contribution in [1.29, 1.82) is 0 Å². The summed E-state index contributed by atoms with van der Waals surface area (Å²) in [5, 5.41) is 2.87. The number of carbonyl (C=O) groups excluding carboxylic acids is 2. The molecule has 0 unspecified atom stereocenters. The molecule has 0 bridgehead atoms. The molecular weight excluding hydrogens is 252 g/mol. The number of amides is 2. The number of carbonyl (C=O) groups is 2. The first kappa shape index (κ1) is 13.2. The lowest BCUT2D eigenvalue weighted by atomic mass is 10.0. The van der Waals surface area contributed by atoms with Crippen molar-refractivity contribution >= 4 is 11.8 Å². The largest absolute Gasteiger partial charge is 0.344 e. The van der Waals surface area contributed by atoms with Gasteiger partial charge in [0.15, 0.2) is 0 Å². The molecule has 1 saturated heterocycles. The van der Waals surface area contributed by atoms with Gasteiger partial charge in [-0.15, -0.1) is 0 Å². The van der Waals surface area contributed by atoms with Crippen molar-refractivity contribution in [3.8, 4) is 0 Å². The highest BCUT2D eigenvalue weighted by Gasteiger charge is 2.33. The quantitative estimate of drug-likeness (QED) is 0.899. The van der Waals surface area contributed by atoms with E-state index in [2.05, 4.69) is 5.32 Å². The lowest BCUT2D eigenvalue weighted by Gasteiger charge is -2.24. The average Bonchev–Trinajstić information content (AvgIpc) is 3.27. The van der Waals surface area contributed by atoms with E-state index in [-0.39, 0.29) is 11.8 Å². The van der Waals surface area contributed by atoms with E-state index >= 15 is 0 Å². The fourth-order valence-electron chi connectivity index (χ4n) is 2.68. The summed E-state index contributed by atoms with van der Waals surface area (Å²) in [5.74, 6) is 0.716. The highest BCUT2D eigenvalue weighted by Crippen LogP contribution is 2.30. The van der Waals surface area contributed by atoms with Crippen LogP contribution in [0.3, 0.4) is 0 Å². The zero-order chi connectivity index (χ0) is 13.9. The summed E-state index contributed by atoms with van der Waals surface area (Å²) >= 11 is 0. The Labute approximate surface area is 119 Å². The predicted octanol–water partition coefficient (Wildman–Crippen LogP) is 1.36. The molecule has 106 valence electrons. The molecule has 1 saturated carbocycles. The third kappa shape index (κ3) is 3.18. The molecule has 4 heteroatoms. The Morgan fingerprint density at radius 2 is 1.90 bits per heavy atom. The number of benzene rings is 1. The summed E-state index contributed by atoms with van der Waals surface area (Å²) in [5.41, 5.74) is 1.08. The lowest BCUT2D eigenvalue weighted by Crippen LogP contribution is -2.46. The molecule has 2 amide bonds. The third-order valence-electron chi connectivity index (χ3n) is 4.01. The Morgan fingerprint density at radius 1 is 1.15 bits per heavy atom. The Balaban J connectivity index is 1.72. The molecule has 1 aromatic rings. The normalized spacial score (nSPS) is 23.4. The van der Waals surface area contributed by atoms with E-state index in [4.69, 9.17) is 0 Å². The molecule has 1 aliphatic carbocycles. The van der Waals surface area contributed by atoms with Crippen molar-refractivity contribution in [3.05, 3.63) is 35.9 Å². The molecule has 0 aromatic heterocycles. The minimum absolute atomic E-state index is 0.0161. The second kappa shape index (κ2) is 5.65. The smallest absolute Gasteiger partial charge is 0.245 e. The first-order chi connectivity index (χ1) is 9.72. The number of nitrogens with zero attached hydrogens (tertiary/aromatic N) is 1. The highest BCUT2D eigenvalue weighted by molar-refractivity contribution is 5.90. The topological polar surface area (TPSA) is 49.4 Å². The SMILES string of the molecule is O=C1CCN(CC2CC2)C(=O)[C@H](Cc2ccccc2)N1. The van der Waals surface area contributed by atoms with Crippen LogP contribution < -0.4 is 5.32 Å². The fourth-order valence-corrected chi connectivity index (χ4v) is 2.68. The summed E-state index contributed by atoms with van der Waals surface area (Å²) in [7, 11) is 0.